The molecule has 3 saturated heterocycles. The maximum Gasteiger partial charge on any atom is 0.319 e. The van der Waals surface area contributed by atoms with Crippen molar-refractivity contribution in [3.05, 3.63) is 53.3 Å². The Morgan fingerprint density at radius 2 is 1.88 bits per heavy atom. The summed E-state index contributed by atoms with van der Waals surface area (Å²) < 4.78 is 22.8. The van der Waals surface area contributed by atoms with Gasteiger partial charge >= 0.3 is 6.01 Å². The lowest BCUT2D eigenvalue weighted by Crippen LogP contribution is -2.51. The van der Waals surface area contributed by atoms with E-state index in [9.17, 15) is 5.11 Å². The minimum absolute atomic E-state index is 0.0466. The lowest BCUT2D eigenvalue weighted by Gasteiger charge is -2.34. The number of nitrogens with one attached hydrogen (secondary N) is 1. The van der Waals surface area contributed by atoms with E-state index in [1.165, 1.54) is 12.8 Å². The number of hydrogen-bond acceptors (Lipinski definition) is 7. The number of aromatic hydroxyl groups is 1. The molecule has 214 valence electrons. The molecule has 0 aliphatic carbocycles. The largest absolute Gasteiger partial charge is 0.508 e. The lowest BCUT2D eigenvalue weighted by molar-refractivity contribution is 0.223. The van der Waals surface area contributed by atoms with Crippen LogP contribution in [0.2, 0.25) is 5.02 Å². The molecule has 2 N–H and O–H groups in total. The molecule has 3 aliphatic heterocycles. The minimum Gasteiger partial charge on any atom is -0.508 e. The number of aromatic nitrogens is 2. The number of anilines is 1. The van der Waals surface area contributed by atoms with Gasteiger partial charge in [-0.2, -0.15) is 9.97 Å². The Balaban J connectivity index is 1.30. The van der Waals surface area contributed by atoms with Crippen molar-refractivity contribution >= 4 is 39.1 Å². The van der Waals surface area contributed by atoms with Gasteiger partial charge in [0.15, 0.2) is 5.82 Å². The smallest absolute Gasteiger partial charge is 0.319 e. The molecule has 3 fully saturated rings. The van der Waals surface area contributed by atoms with E-state index in [0.717, 1.165) is 56.2 Å². The number of fused-ring (bicyclic) bond motifs is 4. The first-order valence-electron chi connectivity index (χ1n) is 14.7. The normalized spacial score (nSPS) is 22.7. The molecule has 7 rings (SSSR count). The zero-order chi connectivity index (χ0) is 28.1. The minimum atomic E-state index is -0.541. The van der Waals surface area contributed by atoms with Crippen molar-refractivity contribution in [2.75, 3.05) is 37.7 Å². The first-order chi connectivity index (χ1) is 19.9. The highest BCUT2D eigenvalue weighted by molar-refractivity contribution is 6.35. The lowest BCUT2D eigenvalue weighted by atomic mass is 9.96. The summed E-state index contributed by atoms with van der Waals surface area (Å²) in [6.45, 7) is 6.39. The molecule has 4 aromatic rings. The van der Waals surface area contributed by atoms with Crippen LogP contribution in [0.15, 0.2) is 42.5 Å². The highest BCUT2D eigenvalue weighted by atomic mass is 35.5. The third kappa shape index (κ3) is 5.07. The SMILES string of the molecule is C[C@H]1CCCN1CCCOc1nc(N2CC3CCC(C2)N3)c2cc(Cl)c(-c3cc(O)cc4ccccc34)c(F)c2n1. The quantitative estimate of drug-likeness (QED) is 0.256. The van der Waals surface area contributed by atoms with Crippen LogP contribution < -0.4 is 15.0 Å². The topological polar surface area (TPSA) is 73.8 Å². The van der Waals surface area contributed by atoms with E-state index in [2.05, 4.69) is 27.0 Å². The number of nitrogens with zero attached hydrogens (tertiary/aromatic N) is 4. The Morgan fingerprint density at radius 1 is 1.07 bits per heavy atom. The van der Waals surface area contributed by atoms with Gasteiger partial charge in [-0.05, 0) is 80.1 Å². The van der Waals surface area contributed by atoms with Gasteiger partial charge in [0.1, 0.15) is 17.1 Å². The van der Waals surface area contributed by atoms with Crippen molar-refractivity contribution in [1.29, 1.82) is 0 Å². The van der Waals surface area contributed by atoms with Crippen LogP contribution in [-0.2, 0) is 0 Å². The average Bonchev–Trinajstić information content (AvgIpc) is 3.53. The summed E-state index contributed by atoms with van der Waals surface area (Å²) >= 11 is 6.85. The molecule has 7 nitrogen and oxygen atoms in total. The zero-order valence-corrected chi connectivity index (χ0v) is 24.0. The molecular weight excluding hydrogens is 541 g/mol. The molecule has 9 heteroatoms. The van der Waals surface area contributed by atoms with E-state index in [4.69, 9.17) is 21.3 Å². The highest BCUT2D eigenvalue weighted by Gasteiger charge is 2.34. The van der Waals surface area contributed by atoms with Crippen LogP contribution in [0.4, 0.5) is 10.2 Å². The molecule has 2 unspecified atom stereocenters. The molecule has 1 aromatic heterocycles. The van der Waals surface area contributed by atoms with Gasteiger partial charge in [0.05, 0.1) is 11.6 Å². The summed E-state index contributed by atoms with van der Waals surface area (Å²) in [5.41, 5.74) is 0.911. The molecular formula is C32H35ClFN5O2. The van der Waals surface area contributed by atoms with E-state index in [0.29, 0.717) is 41.5 Å². The number of halogens is 2. The number of piperazine rings is 1. The number of benzene rings is 3. The van der Waals surface area contributed by atoms with E-state index < -0.39 is 5.82 Å². The van der Waals surface area contributed by atoms with E-state index in [1.807, 2.05) is 24.3 Å². The predicted octanol–water partition coefficient (Wildman–Crippen LogP) is 6.14. The molecule has 0 radical (unpaired) electrons. The van der Waals surface area contributed by atoms with E-state index >= 15 is 4.39 Å². The summed E-state index contributed by atoms with van der Waals surface area (Å²) in [6, 6.07) is 14.1. The summed E-state index contributed by atoms with van der Waals surface area (Å²) in [4.78, 5) is 14.2. The van der Waals surface area contributed by atoms with Crippen LogP contribution in [0.25, 0.3) is 32.8 Å². The first kappa shape index (κ1) is 26.7. The van der Waals surface area contributed by atoms with Gasteiger partial charge in [-0.25, -0.2) is 4.39 Å². The number of phenolic OH excluding ortho intramolecular Hbond substituents is 1. The van der Waals surface area contributed by atoms with Gasteiger partial charge in [0.25, 0.3) is 0 Å². The number of likely N-dealkylation sites (tertiary alicyclic amines) is 1. The van der Waals surface area contributed by atoms with Crippen molar-refractivity contribution < 1.29 is 14.2 Å². The van der Waals surface area contributed by atoms with Crippen molar-refractivity contribution in [2.45, 2.75) is 57.2 Å². The van der Waals surface area contributed by atoms with Crippen molar-refractivity contribution in [3.8, 4) is 22.9 Å². The number of ether oxygens (including phenoxy) is 1. The van der Waals surface area contributed by atoms with Gasteiger partial charge in [0.2, 0.25) is 0 Å². The monoisotopic (exact) mass is 575 g/mol. The number of phenols is 1. The molecule has 3 atom stereocenters. The van der Waals surface area contributed by atoms with Gasteiger partial charge < -0.3 is 25.0 Å². The number of hydrogen-bond donors (Lipinski definition) is 2. The Hall–Kier alpha value is -3.20. The van der Waals surface area contributed by atoms with Gasteiger partial charge in [0, 0.05) is 48.7 Å². The summed E-state index contributed by atoms with van der Waals surface area (Å²) in [7, 11) is 0. The number of rotatable bonds is 7. The van der Waals surface area contributed by atoms with E-state index in [1.54, 1.807) is 18.2 Å². The summed E-state index contributed by atoms with van der Waals surface area (Å²) in [6.07, 6.45) is 5.56. The standard InChI is InChI=1S/C32H35ClFN5O2/c1-19-6-4-11-38(19)12-5-13-41-32-36-30-26(31(37-32)39-17-21-9-10-22(18-39)35-21)16-27(33)28(29(30)34)25-15-23(40)14-20-7-2-3-8-24(20)25/h2-3,7-8,14-16,19,21-22,35,40H,4-6,9-13,17-18H2,1H3/t19-,21?,22?/m0/s1. The maximum absolute atomic E-state index is 16.7. The predicted molar refractivity (Wildman–Crippen MR) is 162 cm³/mol. The molecule has 0 spiro atoms. The van der Waals surface area contributed by atoms with E-state index in [-0.39, 0.29) is 27.9 Å². The Kier molecular flexibility index (Phi) is 7.09. The van der Waals surface area contributed by atoms with Crippen LogP contribution in [0.1, 0.15) is 39.0 Å². The third-order valence-electron chi connectivity index (χ3n) is 8.99. The molecule has 0 amide bonds. The second-order valence-electron chi connectivity index (χ2n) is 11.8. The summed E-state index contributed by atoms with van der Waals surface area (Å²) in [5.74, 6) is 0.163. The fraction of sp³-hybridized carbons (Fsp3) is 0.438. The van der Waals surface area contributed by atoms with Crippen LogP contribution >= 0.6 is 11.6 Å². The second-order valence-corrected chi connectivity index (χ2v) is 12.2. The van der Waals surface area contributed by atoms with Crippen LogP contribution in [0.5, 0.6) is 11.8 Å². The van der Waals surface area contributed by atoms with Crippen LogP contribution in [0, 0.1) is 5.82 Å². The fourth-order valence-electron chi connectivity index (χ4n) is 6.94. The average molecular weight is 576 g/mol. The second kappa shape index (κ2) is 10.9. The van der Waals surface area contributed by atoms with Gasteiger partial charge in [-0.1, -0.05) is 35.9 Å². The molecule has 0 saturated carbocycles. The Morgan fingerprint density at radius 3 is 2.66 bits per heavy atom. The van der Waals surface area contributed by atoms with Crippen molar-refractivity contribution in [3.63, 3.8) is 0 Å². The van der Waals surface area contributed by atoms with Gasteiger partial charge in [-0.3, -0.25) is 0 Å². The molecule has 3 aliphatic rings. The van der Waals surface area contributed by atoms with Crippen LogP contribution in [0.3, 0.4) is 0 Å². The van der Waals surface area contributed by atoms with Crippen molar-refractivity contribution in [1.82, 2.24) is 20.2 Å². The first-order valence-corrected chi connectivity index (χ1v) is 15.1. The summed E-state index contributed by atoms with van der Waals surface area (Å²) in [5, 5.41) is 16.5. The molecule has 4 heterocycles. The molecule has 2 bridgehead atoms. The molecule has 41 heavy (non-hydrogen) atoms. The zero-order valence-electron chi connectivity index (χ0n) is 23.2. The fourth-order valence-corrected chi connectivity index (χ4v) is 7.23. The maximum atomic E-state index is 16.7. The highest BCUT2D eigenvalue weighted by Crippen LogP contribution is 2.42. The Bertz CT molecular complexity index is 1600. The van der Waals surface area contributed by atoms with Crippen molar-refractivity contribution in [2.24, 2.45) is 0 Å². The third-order valence-corrected chi connectivity index (χ3v) is 9.28. The molecule has 3 aromatic carbocycles. The van der Waals surface area contributed by atoms with Gasteiger partial charge in [-0.15, -0.1) is 0 Å². The Labute approximate surface area is 244 Å². The van der Waals surface area contributed by atoms with Crippen LogP contribution in [-0.4, -0.2) is 70.9 Å².